The Kier molecular flexibility index (Phi) is 3.52. The van der Waals surface area contributed by atoms with E-state index in [0.29, 0.717) is 24.3 Å². The van der Waals surface area contributed by atoms with E-state index in [-0.39, 0.29) is 0 Å². The fraction of sp³-hybridized carbons (Fsp3) is 0.200. The van der Waals surface area contributed by atoms with Crippen LogP contribution in [0.3, 0.4) is 0 Å². The number of hydrogen-bond donors (Lipinski definition) is 0. The standard InChI is InChI=1S/C10H9NO2/c11-5-2-6-13-10-4-1-3-9(7-10)8-12/h1,3-4,7-8H,2,6H2. The molecule has 0 aliphatic heterocycles. The number of hydrogen-bond acceptors (Lipinski definition) is 3. The van der Waals surface area contributed by atoms with Gasteiger partial charge < -0.3 is 4.74 Å². The topological polar surface area (TPSA) is 50.1 Å². The van der Waals surface area contributed by atoms with E-state index >= 15 is 0 Å². The Bertz CT molecular complexity index is 328. The van der Waals surface area contributed by atoms with Crippen molar-refractivity contribution in [1.82, 2.24) is 0 Å². The molecule has 0 aromatic heterocycles. The van der Waals surface area contributed by atoms with Crippen LogP contribution in [0.15, 0.2) is 24.3 Å². The van der Waals surface area contributed by atoms with E-state index < -0.39 is 0 Å². The lowest BCUT2D eigenvalue weighted by atomic mass is 10.2. The van der Waals surface area contributed by atoms with Gasteiger partial charge in [-0.3, -0.25) is 4.79 Å². The minimum absolute atomic E-state index is 0.352. The van der Waals surface area contributed by atoms with Gasteiger partial charge in [0.25, 0.3) is 0 Å². The summed E-state index contributed by atoms with van der Waals surface area (Å²) in [6.45, 7) is 0.360. The van der Waals surface area contributed by atoms with Crippen molar-refractivity contribution >= 4 is 6.29 Å². The predicted molar refractivity (Wildman–Crippen MR) is 47.6 cm³/mol. The minimum Gasteiger partial charge on any atom is -0.493 e. The fourth-order valence-electron chi connectivity index (χ4n) is 0.892. The van der Waals surface area contributed by atoms with E-state index in [0.717, 1.165) is 6.29 Å². The molecule has 13 heavy (non-hydrogen) atoms. The van der Waals surface area contributed by atoms with Gasteiger partial charge in [0, 0.05) is 5.56 Å². The Hall–Kier alpha value is -1.82. The third-order valence-corrected chi connectivity index (χ3v) is 1.48. The number of aldehydes is 1. The molecule has 3 heteroatoms. The largest absolute Gasteiger partial charge is 0.493 e. The Morgan fingerprint density at radius 1 is 1.54 bits per heavy atom. The summed E-state index contributed by atoms with van der Waals surface area (Å²) in [6, 6.07) is 8.81. The molecule has 0 aliphatic carbocycles. The van der Waals surface area contributed by atoms with Gasteiger partial charge in [-0.15, -0.1) is 0 Å². The highest BCUT2D eigenvalue weighted by atomic mass is 16.5. The molecule has 1 aromatic carbocycles. The van der Waals surface area contributed by atoms with Gasteiger partial charge in [0.2, 0.25) is 0 Å². The van der Waals surface area contributed by atoms with Gasteiger partial charge in [-0.1, -0.05) is 12.1 Å². The van der Waals surface area contributed by atoms with E-state index in [4.69, 9.17) is 10.00 Å². The number of nitrogens with zero attached hydrogens (tertiary/aromatic N) is 1. The highest BCUT2D eigenvalue weighted by Crippen LogP contribution is 2.11. The second-order valence-corrected chi connectivity index (χ2v) is 2.45. The molecule has 1 rings (SSSR count). The van der Waals surface area contributed by atoms with Gasteiger partial charge in [0.1, 0.15) is 18.6 Å². The average molecular weight is 175 g/mol. The second-order valence-electron chi connectivity index (χ2n) is 2.45. The highest BCUT2D eigenvalue weighted by molar-refractivity contribution is 5.75. The van der Waals surface area contributed by atoms with E-state index in [1.807, 2.05) is 6.07 Å². The molecular weight excluding hydrogens is 166 g/mol. The SMILES string of the molecule is N#CCCOc1cccc(C=O)c1. The van der Waals surface area contributed by atoms with Crippen LogP contribution in [0.4, 0.5) is 0 Å². The zero-order chi connectivity index (χ0) is 9.52. The van der Waals surface area contributed by atoms with Crippen LogP contribution in [-0.2, 0) is 0 Å². The molecule has 0 saturated heterocycles. The summed E-state index contributed by atoms with van der Waals surface area (Å²) in [6.07, 6.45) is 1.11. The molecule has 1 aromatic rings. The number of benzene rings is 1. The Labute approximate surface area is 76.6 Å². The molecule has 0 fully saturated rings. The quantitative estimate of drug-likeness (QED) is 0.517. The smallest absolute Gasteiger partial charge is 0.150 e. The molecule has 0 unspecified atom stereocenters. The number of rotatable bonds is 4. The summed E-state index contributed by atoms with van der Waals surface area (Å²) < 4.78 is 5.21. The summed E-state index contributed by atoms with van der Waals surface area (Å²) in [7, 11) is 0. The summed E-state index contributed by atoms with van der Waals surface area (Å²) in [5.41, 5.74) is 0.578. The molecule has 66 valence electrons. The van der Waals surface area contributed by atoms with Crippen molar-refractivity contribution in [3.05, 3.63) is 29.8 Å². The van der Waals surface area contributed by atoms with Crippen LogP contribution in [0.5, 0.6) is 5.75 Å². The van der Waals surface area contributed by atoms with Crippen LogP contribution < -0.4 is 4.74 Å². The molecule has 0 aliphatic rings. The molecular formula is C10H9NO2. The van der Waals surface area contributed by atoms with Crippen molar-refractivity contribution in [2.75, 3.05) is 6.61 Å². The van der Waals surface area contributed by atoms with Crippen LogP contribution in [0, 0.1) is 11.3 Å². The Morgan fingerprint density at radius 3 is 3.08 bits per heavy atom. The van der Waals surface area contributed by atoms with Crippen LogP contribution in [-0.4, -0.2) is 12.9 Å². The van der Waals surface area contributed by atoms with E-state index in [9.17, 15) is 4.79 Å². The van der Waals surface area contributed by atoms with Gasteiger partial charge in [0.05, 0.1) is 12.5 Å². The molecule has 0 bridgehead atoms. The van der Waals surface area contributed by atoms with Crippen molar-refractivity contribution in [2.24, 2.45) is 0 Å². The lowest BCUT2D eigenvalue weighted by Crippen LogP contribution is -1.95. The lowest BCUT2D eigenvalue weighted by Gasteiger charge is -2.02. The van der Waals surface area contributed by atoms with Crippen LogP contribution in [0.25, 0.3) is 0 Å². The maximum atomic E-state index is 10.4. The monoisotopic (exact) mass is 175 g/mol. The van der Waals surface area contributed by atoms with Crippen LogP contribution in [0.2, 0.25) is 0 Å². The van der Waals surface area contributed by atoms with Crippen molar-refractivity contribution in [2.45, 2.75) is 6.42 Å². The first-order valence-electron chi connectivity index (χ1n) is 3.92. The molecule has 0 saturated carbocycles. The number of carbonyl (C=O) groups is 1. The molecule has 0 atom stereocenters. The maximum Gasteiger partial charge on any atom is 0.150 e. The van der Waals surface area contributed by atoms with Crippen molar-refractivity contribution in [1.29, 1.82) is 5.26 Å². The Balaban J connectivity index is 2.57. The highest BCUT2D eigenvalue weighted by Gasteiger charge is 1.94. The summed E-state index contributed by atoms with van der Waals surface area (Å²) in [5.74, 6) is 0.625. The van der Waals surface area contributed by atoms with Crippen molar-refractivity contribution in [3.63, 3.8) is 0 Å². The zero-order valence-corrected chi connectivity index (χ0v) is 7.06. The zero-order valence-electron chi connectivity index (χ0n) is 7.06. The predicted octanol–water partition coefficient (Wildman–Crippen LogP) is 1.79. The van der Waals surface area contributed by atoms with Gasteiger partial charge >= 0.3 is 0 Å². The lowest BCUT2D eigenvalue weighted by molar-refractivity contribution is 0.112. The summed E-state index contributed by atoms with van der Waals surface area (Å²) >= 11 is 0. The number of nitriles is 1. The normalized spacial score (nSPS) is 8.85. The van der Waals surface area contributed by atoms with E-state index in [1.165, 1.54) is 0 Å². The van der Waals surface area contributed by atoms with E-state index in [1.54, 1.807) is 24.3 Å². The minimum atomic E-state index is 0.352. The van der Waals surface area contributed by atoms with Gasteiger partial charge in [-0.2, -0.15) is 5.26 Å². The average Bonchev–Trinajstić information content (AvgIpc) is 2.19. The first-order valence-corrected chi connectivity index (χ1v) is 3.92. The third kappa shape index (κ3) is 2.96. The fourth-order valence-corrected chi connectivity index (χ4v) is 0.892. The van der Waals surface area contributed by atoms with Gasteiger partial charge in [-0.25, -0.2) is 0 Å². The summed E-state index contributed by atoms with van der Waals surface area (Å²) in [5, 5.41) is 8.26. The molecule has 0 N–H and O–H groups in total. The molecule has 0 amide bonds. The van der Waals surface area contributed by atoms with Gasteiger partial charge in [-0.05, 0) is 12.1 Å². The third-order valence-electron chi connectivity index (χ3n) is 1.48. The number of carbonyl (C=O) groups excluding carboxylic acids is 1. The molecule has 0 radical (unpaired) electrons. The number of ether oxygens (including phenoxy) is 1. The molecule has 3 nitrogen and oxygen atoms in total. The van der Waals surface area contributed by atoms with Crippen LogP contribution >= 0.6 is 0 Å². The second kappa shape index (κ2) is 4.94. The van der Waals surface area contributed by atoms with Crippen molar-refractivity contribution in [3.8, 4) is 11.8 Å². The molecule has 0 spiro atoms. The first kappa shape index (κ1) is 9.27. The van der Waals surface area contributed by atoms with E-state index in [2.05, 4.69) is 0 Å². The Morgan fingerprint density at radius 2 is 2.38 bits per heavy atom. The van der Waals surface area contributed by atoms with Crippen LogP contribution in [0.1, 0.15) is 16.8 Å². The summed E-state index contributed by atoms with van der Waals surface area (Å²) in [4.78, 5) is 10.4. The van der Waals surface area contributed by atoms with Crippen molar-refractivity contribution < 1.29 is 9.53 Å². The van der Waals surface area contributed by atoms with Gasteiger partial charge in [0.15, 0.2) is 0 Å². The maximum absolute atomic E-state index is 10.4. The first-order chi connectivity index (χ1) is 6.36. The molecule has 0 heterocycles.